The van der Waals surface area contributed by atoms with Crippen LogP contribution in [-0.2, 0) is 22.4 Å². The van der Waals surface area contributed by atoms with Gasteiger partial charge in [0.15, 0.2) is 0 Å². The van der Waals surface area contributed by atoms with Crippen molar-refractivity contribution in [1.82, 2.24) is 0 Å². The van der Waals surface area contributed by atoms with Crippen LogP contribution in [0.25, 0.3) is 32.7 Å². The first-order chi connectivity index (χ1) is 16.0. The number of rotatable bonds is 2. The predicted molar refractivity (Wildman–Crippen MR) is 137 cm³/mol. The Morgan fingerprint density at radius 3 is 1.64 bits per heavy atom. The summed E-state index contributed by atoms with van der Waals surface area (Å²) in [5, 5.41) is 5.55. The van der Waals surface area contributed by atoms with E-state index in [-0.39, 0.29) is 4.90 Å². The monoisotopic (exact) mass is 468 g/mol. The molecule has 6 rings (SSSR count). The molecular weight excluding hydrogens is 447 g/mol. The summed E-state index contributed by atoms with van der Waals surface area (Å²) in [6.07, 6.45) is 1.51. The largest absolute Gasteiger partial charge is 0.295 e. The molecule has 0 aliphatic carbocycles. The summed E-state index contributed by atoms with van der Waals surface area (Å²) in [6.45, 7) is 0. The summed E-state index contributed by atoms with van der Waals surface area (Å²) in [5.41, 5.74) is 4.93. The second-order valence-corrected chi connectivity index (χ2v) is 12.0. The Labute approximate surface area is 194 Å². The Morgan fingerprint density at radius 2 is 1.09 bits per heavy atom. The minimum absolute atomic E-state index is 0.0303. The van der Waals surface area contributed by atoms with E-state index >= 15 is 0 Å². The van der Waals surface area contributed by atoms with Crippen LogP contribution in [-0.4, -0.2) is 13.0 Å². The van der Waals surface area contributed by atoms with Gasteiger partial charge in [0.25, 0.3) is 10.1 Å². The van der Waals surface area contributed by atoms with Crippen LogP contribution in [0.5, 0.6) is 0 Å². The van der Waals surface area contributed by atoms with Gasteiger partial charge in [-0.3, -0.25) is 4.55 Å². The molecule has 3 nitrogen and oxygen atoms in total. The molecule has 0 aromatic heterocycles. The number of hydrogen-bond acceptors (Lipinski definition) is 2. The van der Waals surface area contributed by atoms with Crippen molar-refractivity contribution in [3.63, 3.8) is 0 Å². The van der Waals surface area contributed by atoms with Crippen LogP contribution in [0, 0.1) is 0 Å². The summed E-state index contributed by atoms with van der Waals surface area (Å²) in [4.78, 5) is 0.0303. The second-order valence-electron chi connectivity index (χ2n) is 8.44. The molecule has 5 aromatic carbocycles. The average Bonchev–Trinajstić information content (AvgIpc) is 3.01. The van der Waals surface area contributed by atoms with Gasteiger partial charge in [-0.2, -0.15) is 8.42 Å². The quantitative estimate of drug-likeness (QED) is 0.231. The van der Waals surface area contributed by atoms with Gasteiger partial charge in [0, 0.05) is 0 Å². The Balaban J connectivity index is 1.69. The van der Waals surface area contributed by atoms with Gasteiger partial charge in [0.2, 0.25) is 0 Å². The lowest BCUT2D eigenvalue weighted by molar-refractivity contribution is 0.484. The summed E-state index contributed by atoms with van der Waals surface area (Å²) in [5.74, 6) is 0. The molecule has 1 aliphatic rings. The third-order valence-corrected chi connectivity index (χ3v) is 10.1. The Kier molecular flexibility index (Phi) is 4.84. The molecule has 1 aliphatic heterocycles. The van der Waals surface area contributed by atoms with E-state index in [1.807, 2.05) is 12.1 Å². The maximum Gasteiger partial charge on any atom is 0.295 e. The van der Waals surface area contributed by atoms with Gasteiger partial charge in [-0.15, -0.1) is 0 Å². The molecule has 1 N–H and O–H groups in total. The molecule has 0 saturated carbocycles. The molecule has 0 radical (unpaired) electrons. The molecule has 0 fully saturated rings. The highest BCUT2D eigenvalue weighted by Gasteiger charge is 2.28. The van der Waals surface area contributed by atoms with E-state index < -0.39 is 18.0 Å². The van der Waals surface area contributed by atoms with Gasteiger partial charge in [-0.1, -0.05) is 98.9 Å². The number of benzene rings is 5. The van der Waals surface area contributed by atoms with Crippen LogP contribution in [0.4, 0.5) is 0 Å². The highest BCUT2D eigenvalue weighted by molar-refractivity contribution is 7.86. The lowest BCUT2D eigenvalue weighted by atomic mass is 9.88. The SMILES string of the molecule is O=S(=O)(O)c1ccccc1P1Cc2ccc3ccccc3c2-c2c(ccc3ccccc23)C1. The fourth-order valence-electron chi connectivity index (χ4n) is 5.06. The molecule has 0 saturated heterocycles. The fraction of sp³-hybridized carbons (Fsp3) is 0.0714. The van der Waals surface area contributed by atoms with Gasteiger partial charge in [0.1, 0.15) is 4.90 Å². The summed E-state index contributed by atoms with van der Waals surface area (Å²) >= 11 is 0. The van der Waals surface area contributed by atoms with E-state index in [9.17, 15) is 13.0 Å². The molecule has 0 bridgehead atoms. The number of hydrogen-bond donors (Lipinski definition) is 1. The molecule has 33 heavy (non-hydrogen) atoms. The normalized spacial score (nSPS) is 14.1. The first kappa shape index (κ1) is 20.6. The highest BCUT2D eigenvalue weighted by atomic mass is 32.2. The van der Waals surface area contributed by atoms with Crippen LogP contribution in [0.2, 0.25) is 0 Å². The van der Waals surface area contributed by atoms with Gasteiger partial charge < -0.3 is 0 Å². The molecular formula is C28H21O3PS. The maximum absolute atomic E-state index is 12.2. The van der Waals surface area contributed by atoms with Gasteiger partial charge in [0.05, 0.1) is 0 Å². The third-order valence-electron chi connectivity index (χ3n) is 6.49. The molecule has 0 unspecified atom stereocenters. The summed E-state index contributed by atoms with van der Waals surface area (Å²) in [7, 11) is -5.20. The van der Waals surface area contributed by atoms with Crippen LogP contribution in [0.1, 0.15) is 11.1 Å². The Hall–Kier alpha value is -3.04. The molecule has 0 atom stereocenters. The fourth-order valence-corrected chi connectivity index (χ4v) is 8.86. The van der Waals surface area contributed by atoms with E-state index in [0.29, 0.717) is 0 Å². The van der Waals surface area contributed by atoms with E-state index in [0.717, 1.165) is 17.6 Å². The lowest BCUT2D eigenvalue weighted by Gasteiger charge is -2.19. The highest BCUT2D eigenvalue weighted by Crippen LogP contribution is 2.53. The zero-order chi connectivity index (χ0) is 22.6. The van der Waals surface area contributed by atoms with Crippen LogP contribution in [0.15, 0.2) is 102 Å². The molecule has 5 aromatic rings. The van der Waals surface area contributed by atoms with Crippen LogP contribution in [0.3, 0.4) is 0 Å². The average molecular weight is 469 g/mol. The molecule has 162 valence electrons. The first-order valence-electron chi connectivity index (χ1n) is 10.8. The predicted octanol–water partition coefficient (Wildman–Crippen LogP) is 6.73. The Bertz CT molecular complexity index is 1570. The Morgan fingerprint density at radius 1 is 0.606 bits per heavy atom. The minimum atomic E-state index is -4.30. The van der Waals surface area contributed by atoms with Gasteiger partial charge >= 0.3 is 0 Å². The van der Waals surface area contributed by atoms with Gasteiger partial charge in [-0.25, -0.2) is 0 Å². The van der Waals surface area contributed by atoms with Crippen molar-refractivity contribution >= 4 is 44.9 Å². The van der Waals surface area contributed by atoms with Crippen molar-refractivity contribution in [1.29, 1.82) is 0 Å². The smallest absolute Gasteiger partial charge is 0.282 e. The van der Waals surface area contributed by atoms with E-state index in [4.69, 9.17) is 0 Å². The van der Waals surface area contributed by atoms with Crippen molar-refractivity contribution in [2.75, 3.05) is 0 Å². The topological polar surface area (TPSA) is 54.4 Å². The third kappa shape index (κ3) is 3.46. The van der Waals surface area contributed by atoms with Crippen molar-refractivity contribution < 1.29 is 13.0 Å². The number of fused-ring (bicyclic) bond motifs is 7. The minimum Gasteiger partial charge on any atom is -0.282 e. The van der Waals surface area contributed by atoms with Crippen molar-refractivity contribution in [2.45, 2.75) is 17.2 Å². The molecule has 5 heteroatoms. The molecule has 0 amide bonds. The second kappa shape index (κ2) is 7.78. The maximum atomic E-state index is 12.2. The molecule has 1 heterocycles. The van der Waals surface area contributed by atoms with Crippen LogP contribution >= 0.6 is 7.92 Å². The lowest BCUT2D eigenvalue weighted by Crippen LogP contribution is -2.14. The zero-order valence-electron chi connectivity index (χ0n) is 17.8. The molecule has 0 spiro atoms. The van der Waals surface area contributed by atoms with E-state index in [1.54, 1.807) is 6.07 Å². The van der Waals surface area contributed by atoms with E-state index in [2.05, 4.69) is 72.8 Å². The van der Waals surface area contributed by atoms with Crippen LogP contribution < -0.4 is 5.30 Å². The summed E-state index contributed by atoms with van der Waals surface area (Å²) < 4.78 is 34.3. The standard InChI is InChI=1S/C28H21O3PS/c29-33(30,31)26-12-6-5-11-25(26)32-17-21-15-13-19-7-1-3-9-23(19)27(21)28-22(18-32)16-14-20-8-2-4-10-24(20)28/h1-16H,17-18H2,(H,29,30,31). The first-order valence-corrected chi connectivity index (χ1v) is 14.0. The van der Waals surface area contributed by atoms with Crippen molar-refractivity contribution in [2.24, 2.45) is 0 Å². The van der Waals surface area contributed by atoms with E-state index in [1.165, 1.54) is 49.9 Å². The van der Waals surface area contributed by atoms with Crippen molar-refractivity contribution in [3.8, 4) is 11.1 Å². The summed E-state index contributed by atoms with van der Waals surface area (Å²) in [6, 6.07) is 32.5. The zero-order valence-corrected chi connectivity index (χ0v) is 19.5. The van der Waals surface area contributed by atoms with Crippen molar-refractivity contribution in [3.05, 3.63) is 108 Å². The van der Waals surface area contributed by atoms with Gasteiger partial charge in [-0.05, 0) is 67.5 Å².